The molecule has 4 aromatic rings. The summed E-state index contributed by atoms with van der Waals surface area (Å²) in [4.78, 5) is 8.41. The number of rotatable bonds is 1. The number of hydrogen-bond acceptors (Lipinski definition) is 3. The fraction of sp³-hybridized carbons (Fsp3) is 0.0435. The van der Waals surface area contributed by atoms with Crippen molar-refractivity contribution in [3.05, 3.63) is 104 Å². The van der Waals surface area contributed by atoms with Crippen LogP contribution in [0.1, 0.15) is 0 Å². The van der Waals surface area contributed by atoms with Gasteiger partial charge in [0.25, 0.3) is 0 Å². The van der Waals surface area contributed by atoms with Crippen LogP contribution in [0.5, 0.6) is 0 Å². The maximum Gasteiger partial charge on any atom is 3.00 e. The van der Waals surface area contributed by atoms with E-state index in [1.807, 2.05) is 84.6 Å². The second-order valence-corrected chi connectivity index (χ2v) is 6.01. The first-order valence-corrected chi connectivity index (χ1v) is 8.46. The molecule has 0 saturated carbocycles. The smallest absolute Gasteiger partial charge is 0.510 e. The van der Waals surface area contributed by atoms with Gasteiger partial charge in [-0.15, -0.1) is 40.7 Å². The van der Waals surface area contributed by atoms with E-state index < -0.39 is 0 Å². The van der Waals surface area contributed by atoms with Crippen LogP contribution in [0.3, 0.4) is 0 Å². The first-order chi connectivity index (χ1) is 12.8. The zero-order valence-electron chi connectivity index (χ0n) is 14.8. The van der Waals surface area contributed by atoms with Gasteiger partial charge in [-0.3, -0.25) is 0 Å². The Hall–Kier alpha value is -2.68. The summed E-state index contributed by atoms with van der Waals surface area (Å²) in [7, 11) is 2.00. The number of benzene rings is 3. The molecule has 0 fully saturated rings. The molecular formula is C23H18IrN3. The van der Waals surface area contributed by atoms with Crippen molar-refractivity contribution in [3.8, 4) is 0 Å². The van der Waals surface area contributed by atoms with Crippen LogP contribution in [0.25, 0.3) is 21.7 Å². The molecule has 0 saturated heterocycles. The van der Waals surface area contributed by atoms with Crippen LogP contribution in [-0.4, -0.2) is 16.9 Å². The van der Waals surface area contributed by atoms with Crippen molar-refractivity contribution < 1.29 is 20.1 Å². The van der Waals surface area contributed by atoms with E-state index in [2.05, 4.69) is 41.4 Å². The molecule has 27 heavy (non-hydrogen) atoms. The molecule has 3 aromatic carbocycles. The van der Waals surface area contributed by atoms with E-state index in [1.54, 1.807) is 0 Å². The Kier molecular flexibility index (Phi) is 6.23. The largest absolute Gasteiger partial charge is 3.00 e. The number of fused-ring (bicyclic) bond motifs is 3. The van der Waals surface area contributed by atoms with E-state index in [-0.39, 0.29) is 20.1 Å². The molecule has 134 valence electrons. The van der Waals surface area contributed by atoms with E-state index in [9.17, 15) is 0 Å². The van der Waals surface area contributed by atoms with Gasteiger partial charge in [-0.05, 0) is 36.4 Å². The summed E-state index contributed by atoms with van der Waals surface area (Å²) in [6.45, 7) is 2.01. The quantitative estimate of drug-likeness (QED) is 0.256. The molecule has 0 unspecified atom stereocenters. The normalized spacial score (nSPS) is 12.6. The molecule has 3 nitrogen and oxygen atoms in total. The summed E-state index contributed by atoms with van der Waals surface area (Å²) in [6, 6.07) is 28.5. The summed E-state index contributed by atoms with van der Waals surface area (Å²) >= 11 is 0. The van der Waals surface area contributed by atoms with Crippen LogP contribution in [0, 0.1) is 18.8 Å². The zero-order chi connectivity index (χ0) is 17.8. The van der Waals surface area contributed by atoms with Gasteiger partial charge >= 0.3 is 20.1 Å². The number of aromatic nitrogens is 1. The Labute approximate surface area is 173 Å². The van der Waals surface area contributed by atoms with E-state index in [0.717, 1.165) is 16.6 Å². The van der Waals surface area contributed by atoms with Crippen molar-refractivity contribution in [2.75, 3.05) is 11.9 Å². The third-order valence-corrected chi connectivity index (χ3v) is 4.15. The maximum atomic E-state index is 4.38. The van der Waals surface area contributed by atoms with Crippen LogP contribution in [0.2, 0.25) is 0 Å². The molecule has 0 amide bonds. The molecule has 4 heteroatoms. The van der Waals surface area contributed by atoms with Gasteiger partial charge in [-0.25, -0.2) is 0 Å². The van der Waals surface area contributed by atoms with Crippen LogP contribution in [-0.2, 0) is 20.1 Å². The van der Waals surface area contributed by atoms with E-state index in [4.69, 9.17) is 0 Å². The van der Waals surface area contributed by atoms with Gasteiger partial charge in [0.1, 0.15) is 0 Å². The van der Waals surface area contributed by atoms with Gasteiger partial charge in [-0.1, -0.05) is 18.2 Å². The molecule has 1 aliphatic rings. The fourth-order valence-electron chi connectivity index (χ4n) is 2.87. The van der Waals surface area contributed by atoms with Gasteiger partial charge in [0.15, 0.2) is 0 Å². The van der Waals surface area contributed by atoms with Crippen molar-refractivity contribution in [2.24, 2.45) is 0 Å². The van der Waals surface area contributed by atoms with Gasteiger partial charge in [0.2, 0.25) is 0 Å². The summed E-state index contributed by atoms with van der Waals surface area (Å²) < 4.78 is 0. The number of pyridine rings is 1. The van der Waals surface area contributed by atoms with Crippen LogP contribution >= 0.6 is 0 Å². The summed E-state index contributed by atoms with van der Waals surface area (Å²) in [5, 5.41) is 3.46. The fourth-order valence-corrected chi connectivity index (χ4v) is 2.87. The second kappa shape index (κ2) is 8.81. The number of nitrogens with zero attached hydrogens (tertiary/aromatic N) is 3. The minimum Gasteiger partial charge on any atom is -0.510 e. The molecule has 0 atom stereocenters. The average molecular weight is 529 g/mol. The van der Waals surface area contributed by atoms with E-state index in [1.165, 1.54) is 10.8 Å². The Bertz CT molecular complexity index is 992. The van der Waals surface area contributed by atoms with Crippen LogP contribution in [0.4, 0.5) is 5.69 Å². The molecule has 1 aromatic heterocycles. The second-order valence-electron chi connectivity index (χ2n) is 6.01. The Balaban J connectivity index is 0.000000152. The molecule has 0 radical (unpaired) electrons. The Morgan fingerprint density at radius 2 is 1.67 bits per heavy atom. The molecule has 5 rings (SSSR count). The van der Waals surface area contributed by atoms with Gasteiger partial charge in [0.05, 0.1) is 0 Å². The SMILES string of the molecule is CN1C=CN(c2[c-]cccc2)[CH-]1.[Ir+3].[c-]1cccc2ccc3cccnc3c12. The molecule has 1 aliphatic heterocycles. The predicted octanol–water partition coefficient (Wildman–Crippen LogP) is 5.01. The van der Waals surface area contributed by atoms with E-state index >= 15 is 0 Å². The van der Waals surface area contributed by atoms with Gasteiger partial charge in [-0.2, -0.15) is 37.0 Å². The molecule has 0 N–H and O–H groups in total. The third kappa shape index (κ3) is 4.36. The van der Waals surface area contributed by atoms with Crippen molar-refractivity contribution in [2.45, 2.75) is 0 Å². The number of para-hydroxylation sites is 1. The zero-order valence-corrected chi connectivity index (χ0v) is 17.2. The average Bonchev–Trinajstić information content (AvgIpc) is 3.15. The standard InChI is InChI=1S/C13H8N.C10H10N2.Ir/c1-2-6-12-10(4-1)7-8-11-5-3-9-14-13(11)12;1-11-7-8-12(9-11)10-5-3-2-4-6-10;/h1-5,7-9H;2-5,7-9H,1H3;/q-1;-2;+3. The van der Waals surface area contributed by atoms with Gasteiger partial charge in [0, 0.05) is 6.20 Å². The summed E-state index contributed by atoms with van der Waals surface area (Å²) in [5.41, 5.74) is 2.10. The molecule has 0 bridgehead atoms. The van der Waals surface area contributed by atoms with Crippen molar-refractivity contribution >= 4 is 27.4 Å². The Morgan fingerprint density at radius 3 is 2.44 bits per heavy atom. The summed E-state index contributed by atoms with van der Waals surface area (Å²) in [6.07, 6.45) is 5.83. The minimum absolute atomic E-state index is 0. The summed E-state index contributed by atoms with van der Waals surface area (Å²) in [5.74, 6) is 0. The topological polar surface area (TPSA) is 19.4 Å². The Morgan fingerprint density at radius 1 is 0.852 bits per heavy atom. The van der Waals surface area contributed by atoms with Gasteiger partial charge < -0.3 is 14.8 Å². The first-order valence-electron chi connectivity index (χ1n) is 8.46. The number of anilines is 1. The van der Waals surface area contributed by atoms with E-state index in [0.29, 0.717) is 0 Å². The number of hydrogen-bond donors (Lipinski definition) is 0. The maximum absolute atomic E-state index is 4.38. The van der Waals surface area contributed by atoms with Crippen molar-refractivity contribution in [1.29, 1.82) is 0 Å². The molecule has 0 spiro atoms. The third-order valence-electron chi connectivity index (χ3n) is 4.15. The van der Waals surface area contributed by atoms with Crippen molar-refractivity contribution in [3.63, 3.8) is 0 Å². The molecular weight excluding hydrogens is 510 g/mol. The predicted molar refractivity (Wildman–Crippen MR) is 107 cm³/mol. The van der Waals surface area contributed by atoms with Crippen molar-refractivity contribution in [1.82, 2.24) is 9.88 Å². The van der Waals surface area contributed by atoms with Crippen LogP contribution < -0.4 is 4.90 Å². The van der Waals surface area contributed by atoms with Crippen LogP contribution in [0.15, 0.2) is 85.3 Å². The molecule has 0 aliphatic carbocycles. The monoisotopic (exact) mass is 529 g/mol. The minimum atomic E-state index is 0. The molecule has 2 heterocycles. The first kappa shape index (κ1) is 19.1.